The van der Waals surface area contributed by atoms with Crippen LogP contribution in [-0.2, 0) is 17.6 Å². The second-order valence-electron chi connectivity index (χ2n) is 6.20. The smallest absolute Gasteiger partial charge is 0.251 e. The van der Waals surface area contributed by atoms with Crippen molar-refractivity contribution in [3.63, 3.8) is 0 Å². The number of Topliss-reactive ketones (excluding diaryl/α,β-unsaturated/α-hetero) is 1. The van der Waals surface area contributed by atoms with Crippen LogP contribution in [0.5, 0.6) is 5.75 Å². The number of nitrogens with one attached hydrogen (secondary N) is 1. The lowest BCUT2D eigenvalue weighted by molar-refractivity contribution is -0.117. The highest BCUT2D eigenvalue weighted by atomic mass is 16.5. The molecule has 2 amide bonds. The molecule has 0 radical (unpaired) electrons. The molecule has 5 N–H and O–H groups in total. The number of ether oxygens (including phenoxy) is 1. The number of aromatic nitrogens is 1. The van der Waals surface area contributed by atoms with Gasteiger partial charge in [0.05, 0.1) is 19.1 Å². The molecule has 3 rings (SSSR count). The maximum absolute atomic E-state index is 12.6. The number of methoxy groups -OCH3 is 1. The zero-order chi connectivity index (χ0) is 19.6. The van der Waals surface area contributed by atoms with Gasteiger partial charge in [-0.1, -0.05) is 24.3 Å². The van der Waals surface area contributed by atoms with Gasteiger partial charge in [0.2, 0.25) is 5.91 Å². The second kappa shape index (κ2) is 7.33. The number of primary amides is 2. The molecule has 1 aromatic heterocycles. The van der Waals surface area contributed by atoms with E-state index in [1.54, 1.807) is 31.4 Å². The van der Waals surface area contributed by atoms with Crippen LogP contribution in [0.25, 0.3) is 10.9 Å². The summed E-state index contributed by atoms with van der Waals surface area (Å²) in [5.74, 6) is -0.648. The average Bonchev–Trinajstić information content (AvgIpc) is 2.98. The van der Waals surface area contributed by atoms with Gasteiger partial charge in [-0.3, -0.25) is 14.4 Å². The number of fused-ring (bicyclic) bond motifs is 1. The Morgan fingerprint density at radius 3 is 2.48 bits per heavy atom. The first kappa shape index (κ1) is 18.2. The molecule has 27 heavy (non-hydrogen) atoms. The van der Waals surface area contributed by atoms with Gasteiger partial charge in [0.1, 0.15) is 5.75 Å². The Hall–Kier alpha value is -3.61. The van der Waals surface area contributed by atoms with Crippen LogP contribution in [0.2, 0.25) is 0 Å². The molecule has 138 valence electrons. The fraction of sp³-hybridized carbons (Fsp3) is 0.150. The number of ketones is 1. The number of amides is 2. The van der Waals surface area contributed by atoms with E-state index in [9.17, 15) is 14.4 Å². The Morgan fingerprint density at radius 2 is 1.81 bits per heavy atom. The molecule has 0 fully saturated rings. The maximum atomic E-state index is 12.6. The number of rotatable bonds is 7. The van der Waals surface area contributed by atoms with Crippen LogP contribution in [0.4, 0.5) is 0 Å². The molecular formula is C20H19N3O4. The summed E-state index contributed by atoms with van der Waals surface area (Å²) >= 11 is 0. The third-order valence-corrected chi connectivity index (χ3v) is 4.29. The normalized spacial score (nSPS) is 10.7. The molecule has 3 aromatic rings. The Morgan fingerprint density at radius 1 is 1.04 bits per heavy atom. The number of aromatic amines is 1. The van der Waals surface area contributed by atoms with Gasteiger partial charge in [-0.15, -0.1) is 0 Å². The highest BCUT2D eigenvalue weighted by Gasteiger charge is 2.19. The second-order valence-corrected chi connectivity index (χ2v) is 6.20. The van der Waals surface area contributed by atoms with E-state index in [0.29, 0.717) is 27.9 Å². The van der Waals surface area contributed by atoms with E-state index in [1.165, 1.54) is 0 Å². The standard InChI is InChI=1S/C20H19N3O4/c1-27-13-4-2-3-11(7-13)8-17(24)12-5-6-14-15(9-12)23-16(10-18(21)25)19(14)20(22)26/h2-7,9,23H,8,10H2,1H3,(H2,21,25)(H2,22,26). The van der Waals surface area contributed by atoms with Crippen molar-refractivity contribution in [3.05, 3.63) is 64.8 Å². The molecule has 0 aliphatic carbocycles. The first-order valence-electron chi connectivity index (χ1n) is 8.28. The highest BCUT2D eigenvalue weighted by Crippen LogP contribution is 2.25. The van der Waals surface area contributed by atoms with Crippen LogP contribution < -0.4 is 16.2 Å². The largest absolute Gasteiger partial charge is 0.497 e. The third kappa shape index (κ3) is 3.82. The molecule has 7 nitrogen and oxygen atoms in total. The fourth-order valence-electron chi connectivity index (χ4n) is 3.08. The zero-order valence-corrected chi connectivity index (χ0v) is 14.7. The van der Waals surface area contributed by atoms with E-state index in [2.05, 4.69) is 4.98 Å². The van der Waals surface area contributed by atoms with Crippen molar-refractivity contribution >= 4 is 28.5 Å². The summed E-state index contributed by atoms with van der Waals surface area (Å²) < 4.78 is 5.17. The van der Waals surface area contributed by atoms with Gasteiger partial charge < -0.3 is 21.2 Å². The molecular weight excluding hydrogens is 346 g/mol. The number of H-pyrrole nitrogens is 1. The van der Waals surface area contributed by atoms with Gasteiger partial charge in [0.25, 0.3) is 5.91 Å². The van der Waals surface area contributed by atoms with Gasteiger partial charge in [-0.2, -0.15) is 0 Å². The average molecular weight is 365 g/mol. The molecule has 0 bridgehead atoms. The van der Waals surface area contributed by atoms with Gasteiger partial charge in [0.15, 0.2) is 5.78 Å². The van der Waals surface area contributed by atoms with E-state index in [0.717, 1.165) is 5.56 Å². The minimum Gasteiger partial charge on any atom is -0.497 e. The Balaban J connectivity index is 1.94. The van der Waals surface area contributed by atoms with Gasteiger partial charge in [-0.05, 0) is 23.8 Å². The number of hydrogen-bond donors (Lipinski definition) is 3. The van der Waals surface area contributed by atoms with E-state index in [-0.39, 0.29) is 24.2 Å². The molecule has 7 heteroatoms. The molecule has 1 heterocycles. The van der Waals surface area contributed by atoms with E-state index in [1.807, 2.05) is 18.2 Å². The van der Waals surface area contributed by atoms with Crippen LogP contribution in [0.1, 0.15) is 32.0 Å². The molecule has 0 unspecified atom stereocenters. The number of carbonyl (C=O) groups excluding carboxylic acids is 3. The third-order valence-electron chi connectivity index (χ3n) is 4.29. The van der Waals surface area contributed by atoms with Crippen molar-refractivity contribution in [2.75, 3.05) is 7.11 Å². The zero-order valence-electron chi connectivity index (χ0n) is 14.7. The number of carbonyl (C=O) groups is 3. The summed E-state index contributed by atoms with van der Waals surface area (Å²) in [5, 5.41) is 0.552. The SMILES string of the molecule is COc1cccc(CC(=O)c2ccc3c(C(N)=O)c(CC(N)=O)[nH]c3c2)c1. The van der Waals surface area contributed by atoms with E-state index < -0.39 is 11.8 Å². The number of hydrogen-bond acceptors (Lipinski definition) is 4. The van der Waals surface area contributed by atoms with Crippen LogP contribution in [-0.4, -0.2) is 29.7 Å². The van der Waals surface area contributed by atoms with Crippen LogP contribution in [0.15, 0.2) is 42.5 Å². The molecule has 0 atom stereocenters. The molecule has 0 saturated carbocycles. The molecule has 0 aliphatic rings. The summed E-state index contributed by atoms with van der Waals surface area (Å²) in [7, 11) is 1.57. The van der Waals surface area contributed by atoms with Crippen molar-refractivity contribution in [3.8, 4) is 5.75 Å². The highest BCUT2D eigenvalue weighted by molar-refractivity contribution is 6.10. The summed E-state index contributed by atoms with van der Waals surface area (Å²) in [4.78, 5) is 38.6. The minimum absolute atomic E-state index is 0.0863. The topological polar surface area (TPSA) is 128 Å². The van der Waals surface area contributed by atoms with Crippen molar-refractivity contribution in [1.29, 1.82) is 0 Å². The van der Waals surface area contributed by atoms with Crippen molar-refractivity contribution < 1.29 is 19.1 Å². The minimum atomic E-state index is -0.659. The van der Waals surface area contributed by atoms with Crippen LogP contribution >= 0.6 is 0 Å². The Kier molecular flexibility index (Phi) is 4.94. The summed E-state index contributed by atoms with van der Waals surface area (Å²) in [5.41, 5.74) is 13.1. The van der Waals surface area contributed by atoms with Crippen molar-refractivity contribution in [1.82, 2.24) is 4.98 Å². The Bertz CT molecular complexity index is 1050. The lowest BCUT2D eigenvalue weighted by atomic mass is 10.0. The van der Waals surface area contributed by atoms with Crippen molar-refractivity contribution in [2.24, 2.45) is 11.5 Å². The van der Waals surface area contributed by atoms with E-state index in [4.69, 9.17) is 16.2 Å². The first-order valence-corrected chi connectivity index (χ1v) is 8.28. The van der Waals surface area contributed by atoms with E-state index >= 15 is 0 Å². The van der Waals surface area contributed by atoms with Gasteiger partial charge in [0, 0.05) is 28.6 Å². The quantitative estimate of drug-likeness (QED) is 0.551. The monoisotopic (exact) mass is 365 g/mol. The maximum Gasteiger partial charge on any atom is 0.251 e. The Labute approximate surface area is 155 Å². The van der Waals surface area contributed by atoms with Crippen LogP contribution in [0.3, 0.4) is 0 Å². The molecule has 2 aromatic carbocycles. The summed E-state index contributed by atoms with van der Waals surface area (Å²) in [6, 6.07) is 12.2. The van der Waals surface area contributed by atoms with Crippen molar-refractivity contribution in [2.45, 2.75) is 12.8 Å². The first-order chi connectivity index (χ1) is 12.9. The fourth-order valence-corrected chi connectivity index (χ4v) is 3.08. The summed E-state index contributed by atoms with van der Waals surface area (Å²) in [6.07, 6.45) is 0.0697. The molecule has 0 spiro atoms. The van der Waals surface area contributed by atoms with Gasteiger partial charge in [-0.25, -0.2) is 0 Å². The van der Waals surface area contributed by atoms with Crippen LogP contribution in [0, 0.1) is 0 Å². The predicted molar refractivity (Wildman–Crippen MR) is 101 cm³/mol. The molecule has 0 saturated heterocycles. The number of nitrogens with two attached hydrogens (primary N) is 2. The predicted octanol–water partition coefficient (Wildman–Crippen LogP) is 1.73. The van der Waals surface area contributed by atoms with Gasteiger partial charge >= 0.3 is 0 Å². The lowest BCUT2D eigenvalue weighted by Crippen LogP contribution is -2.18. The number of benzene rings is 2. The lowest BCUT2D eigenvalue weighted by Gasteiger charge is -2.05. The summed E-state index contributed by atoms with van der Waals surface area (Å²) in [6.45, 7) is 0. The molecule has 0 aliphatic heterocycles.